The molecule has 0 aliphatic carbocycles. The number of benzene rings is 2. The minimum Gasteiger partial charge on any atom is -0.508 e. The lowest BCUT2D eigenvalue weighted by molar-refractivity contribution is 0.288. The molecule has 0 amide bonds. The Kier molecular flexibility index (Phi) is 4.54. The van der Waals surface area contributed by atoms with Crippen LogP contribution in [0.3, 0.4) is 0 Å². The van der Waals surface area contributed by atoms with Crippen LogP contribution in [0.25, 0.3) is 5.69 Å². The van der Waals surface area contributed by atoms with E-state index in [2.05, 4.69) is 15.6 Å². The summed E-state index contributed by atoms with van der Waals surface area (Å²) >= 11 is 0. The normalized spacial score (nSPS) is 10.7. The van der Waals surface area contributed by atoms with Crippen molar-refractivity contribution in [3.8, 4) is 11.4 Å². The quantitative estimate of drug-likeness (QED) is 0.610. The molecule has 6 heteroatoms. The van der Waals surface area contributed by atoms with Gasteiger partial charge >= 0.3 is 0 Å². The second-order valence-electron chi connectivity index (χ2n) is 5.20. The monoisotopic (exact) mass is 310 g/mol. The maximum atomic E-state index is 9.32. The van der Waals surface area contributed by atoms with Gasteiger partial charge in [0.2, 0.25) is 0 Å². The number of nitrogens with one attached hydrogen (secondary N) is 1. The summed E-state index contributed by atoms with van der Waals surface area (Å²) in [5.41, 5.74) is 3.57. The zero-order valence-electron chi connectivity index (χ0n) is 12.6. The van der Waals surface area contributed by atoms with Crippen LogP contribution in [0.15, 0.2) is 54.7 Å². The fourth-order valence-corrected chi connectivity index (χ4v) is 2.24. The van der Waals surface area contributed by atoms with E-state index < -0.39 is 0 Å². The highest BCUT2D eigenvalue weighted by Crippen LogP contribution is 2.21. The third-order valence-corrected chi connectivity index (χ3v) is 3.40. The van der Waals surface area contributed by atoms with E-state index in [0.29, 0.717) is 12.8 Å². The number of aromatic hydroxyl groups is 1. The summed E-state index contributed by atoms with van der Waals surface area (Å²) < 4.78 is 1.72. The van der Waals surface area contributed by atoms with E-state index in [9.17, 15) is 5.11 Å². The lowest BCUT2D eigenvalue weighted by atomic mass is 10.2. The number of aliphatic hydroxyl groups excluding tert-OH is 1. The highest BCUT2D eigenvalue weighted by atomic mass is 16.3. The van der Waals surface area contributed by atoms with Crippen molar-refractivity contribution in [3.63, 3.8) is 0 Å². The predicted molar refractivity (Wildman–Crippen MR) is 88.2 cm³/mol. The summed E-state index contributed by atoms with van der Waals surface area (Å²) in [6.07, 6.45) is 3.26. The lowest BCUT2D eigenvalue weighted by Gasteiger charge is -2.08. The van der Waals surface area contributed by atoms with E-state index in [4.69, 9.17) is 5.11 Å². The van der Waals surface area contributed by atoms with Gasteiger partial charge in [0.25, 0.3) is 0 Å². The van der Waals surface area contributed by atoms with Gasteiger partial charge in [0.15, 0.2) is 0 Å². The van der Waals surface area contributed by atoms with Crippen LogP contribution in [-0.2, 0) is 6.42 Å². The number of anilines is 2. The molecule has 0 spiro atoms. The second-order valence-corrected chi connectivity index (χ2v) is 5.20. The van der Waals surface area contributed by atoms with Crippen LogP contribution in [0.4, 0.5) is 11.4 Å². The van der Waals surface area contributed by atoms with Gasteiger partial charge in [-0.15, -0.1) is 5.10 Å². The standard InChI is InChI=1S/C17H18N4O2/c22-10-2-4-15-12-21(20-19-15)16-5-1-3-14(11-16)18-13-6-8-17(23)9-7-13/h1,3,5-9,11-12,18,22-23H,2,4,10H2. The van der Waals surface area contributed by atoms with Crippen LogP contribution in [0.1, 0.15) is 12.1 Å². The van der Waals surface area contributed by atoms with Crippen LogP contribution in [0.2, 0.25) is 0 Å². The zero-order valence-corrected chi connectivity index (χ0v) is 12.6. The molecule has 0 bridgehead atoms. The fourth-order valence-electron chi connectivity index (χ4n) is 2.24. The van der Waals surface area contributed by atoms with E-state index in [0.717, 1.165) is 22.8 Å². The Morgan fingerprint density at radius 2 is 1.87 bits per heavy atom. The lowest BCUT2D eigenvalue weighted by Crippen LogP contribution is -1.97. The zero-order chi connectivity index (χ0) is 16.1. The van der Waals surface area contributed by atoms with Crippen molar-refractivity contribution in [1.29, 1.82) is 0 Å². The average Bonchev–Trinajstić information content (AvgIpc) is 3.04. The van der Waals surface area contributed by atoms with Crippen LogP contribution < -0.4 is 5.32 Å². The maximum absolute atomic E-state index is 9.32. The number of hydrogen-bond acceptors (Lipinski definition) is 5. The fraction of sp³-hybridized carbons (Fsp3) is 0.176. The molecule has 0 aliphatic rings. The molecule has 2 aromatic carbocycles. The summed E-state index contributed by atoms with van der Waals surface area (Å²) in [5.74, 6) is 0.238. The minimum atomic E-state index is 0.152. The van der Waals surface area contributed by atoms with Gasteiger partial charge in [-0.3, -0.25) is 0 Å². The number of nitrogens with zero attached hydrogens (tertiary/aromatic N) is 3. The molecule has 0 saturated heterocycles. The van der Waals surface area contributed by atoms with Crippen molar-refractivity contribution >= 4 is 11.4 Å². The molecule has 0 saturated carbocycles. The average molecular weight is 310 g/mol. The summed E-state index contributed by atoms with van der Waals surface area (Å²) in [7, 11) is 0. The van der Waals surface area contributed by atoms with E-state index >= 15 is 0 Å². The minimum absolute atomic E-state index is 0.152. The van der Waals surface area contributed by atoms with Gasteiger partial charge in [0.05, 0.1) is 17.6 Å². The molecule has 23 heavy (non-hydrogen) atoms. The smallest absolute Gasteiger partial charge is 0.115 e. The highest BCUT2D eigenvalue weighted by molar-refractivity contribution is 5.62. The topological polar surface area (TPSA) is 83.2 Å². The molecule has 3 N–H and O–H groups in total. The van der Waals surface area contributed by atoms with Gasteiger partial charge < -0.3 is 15.5 Å². The number of aromatic nitrogens is 3. The molecule has 0 aliphatic heterocycles. The number of aliphatic hydroxyl groups is 1. The molecule has 1 aromatic heterocycles. The number of phenolic OH excluding ortho intramolecular Hbond substituents is 1. The number of rotatable bonds is 6. The third-order valence-electron chi connectivity index (χ3n) is 3.40. The van der Waals surface area contributed by atoms with Gasteiger partial charge in [-0.2, -0.15) is 0 Å². The van der Waals surface area contributed by atoms with E-state index in [1.165, 1.54) is 0 Å². The Balaban J connectivity index is 1.76. The maximum Gasteiger partial charge on any atom is 0.115 e. The molecule has 0 radical (unpaired) electrons. The van der Waals surface area contributed by atoms with Gasteiger partial charge in [0, 0.05) is 18.0 Å². The van der Waals surface area contributed by atoms with Gasteiger partial charge in [-0.05, 0) is 55.3 Å². The van der Waals surface area contributed by atoms with Gasteiger partial charge in [0.1, 0.15) is 5.75 Å². The van der Waals surface area contributed by atoms with Crippen molar-refractivity contribution in [2.24, 2.45) is 0 Å². The Bertz CT molecular complexity index is 768. The van der Waals surface area contributed by atoms with Gasteiger partial charge in [-0.25, -0.2) is 4.68 Å². The predicted octanol–water partition coefficient (Wildman–Crippen LogP) is 2.64. The van der Waals surface area contributed by atoms with Crippen LogP contribution in [0.5, 0.6) is 5.75 Å². The first-order valence-corrected chi connectivity index (χ1v) is 7.43. The van der Waals surface area contributed by atoms with E-state index in [-0.39, 0.29) is 12.4 Å². The summed E-state index contributed by atoms with van der Waals surface area (Å²) in [6.45, 7) is 0.152. The molecule has 6 nitrogen and oxygen atoms in total. The van der Waals surface area contributed by atoms with E-state index in [1.54, 1.807) is 16.8 Å². The summed E-state index contributed by atoms with van der Waals surface area (Å²) in [4.78, 5) is 0. The van der Waals surface area contributed by atoms with Crippen LogP contribution in [-0.4, -0.2) is 31.8 Å². The molecule has 0 unspecified atom stereocenters. The molecule has 1 heterocycles. The Labute approximate surface area is 134 Å². The van der Waals surface area contributed by atoms with Crippen LogP contribution >= 0.6 is 0 Å². The summed E-state index contributed by atoms with van der Waals surface area (Å²) in [6, 6.07) is 14.7. The Hall–Kier alpha value is -2.86. The van der Waals surface area contributed by atoms with Crippen molar-refractivity contribution < 1.29 is 10.2 Å². The molecule has 0 atom stereocenters. The van der Waals surface area contributed by atoms with Crippen molar-refractivity contribution in [3.05, 3.63) is 60.4 Å². The highest BCUT2D eigenvalue weighted by Gasteiger charge is 2.04. The molecule has 3 aromatic rings. The number of hydrogen-bond donors (Lipinski definition) is 3. The first kappa shape index (κ1) is 15.1. The molecule has 3 rings (SSSR count). The Morgan fingerprint density at radius 1 is 1.04 bits per heavy atom. The number of phenols is 1. The molecule has 0 fully saturated rings. The van der Waals surface area contributed by atoms with E-state index in [1.807, 2.05) is 42.6 Å². The third kappa shape index (κ3) is 3.87. The van der Waals surface area contributed by atoms with Crippen molar-refractivity contribution in [2.75, 3.05) is 11.9 Å². The Morgan fingerprint density at radius 3 is 2.65 bits per heavy atom. The SMILES string of the molecule is OCCCc1cn(-c2cccc(Nc3ccc(O)cc3)c2)nn1. The van der Waals surface area contributed by atoms with Crippen molar-refractivity contribution in [1.82, 2.24) is 15.0 Å². The second kappa shape index (κ2) is 6.93. The molecule has 118 valence electrons. The first-order chi connectivity index (χ1) is 11.2. The largest absolute Gasteiger partial charge is 0.508 e. The van der Waals surface area contributed by atoms with Crippen LogP contribution in [0, 0.1) is 0 Å². The molecular weight excluding hydrogens is 292 g/mol. The first-order valence-electron chi connectivity index (χ1n) is 7.43. The number of aryl methyl sites for hydroxylation is 1. The van der Waals surface area contributed by atoms with Crippen molar-refractivity contribution in [2.45, 2.75) is 12.8 Å². The molecular formula is C17H18N4O2. The summed E-state index contributed by atoms with van der Waals surface area (Å²) in [5, 5.41) is 29.7. The van der Waals surface area contributed by atoms with Gasteiger partial charge in [-0.1, -0.05) is 11.3 Å².